The van der Waals surface area contributed by atoms with Crippen molar-refractivity contribution in [3.8, 4) is 11.6 Å². The van der Waals surface area contributed by atoms with Crippen LogP contribution in [-0.2, 0) is 6.18 Å². The Morgan fingerprint density at radius 3 is 2.55 bits per heavy atom. The number of alkyl halides is 3. The van der Waals surface area contributed by atoms with Gasteiger partial charge < -0.3 is 21.2 Å². The van der Waals surface area contributed by atoms with Gasteiger partial charge in [0.1, 0.15) is 0 Å². The molecule has 9 heteroatoms. The highest BCUT2D eigenvalue weighted by atomic mass is 19.4. The Kier molecular flexibility index (Phi) is 3.26. The van der Waals surface area contributed by atoms with Crippen LogP contribution in [0.3, 0.4) is 0 Å². The molecule has 0 radical (unpaired) electrons. The van der Waals surface area contributed by atoms with Gasteiger partial charge in [-0.2, -0.15) is 13.2 Å². The third-order valence-electron chi connectivity index (χ3n) is 2.40. The first kappa shape index (κ1) is 13.7. The zero-order valence-electron chi connectivity index (χ0n) is 9.86. The molecule has 0 aliphatic rings. The van der Waals surface area contributed by atoms with Crippen molar-refractivity contribution in [1.29, 1.82) is 0 Å². The van der Waals surface area contributed by atoms with E-state index >= 15 is 0 Å². The number of benzene rings is 1. The Bertz CT molecular complexity index is 697. The first-order valence-corrected chi connectivity index (χ1v) is 5.27. The molecule has 1 heterocycles. The molecule has 0 aliphatic heterocycles. The number of nitrogens with two attached hydrogens (primary N) is 2. The standard InChI is InChI=1S/C11H9F3N4O2/c12-11(13,14)5-1-2-7(6(15)3-5)20-10-8(16)9(19)17-4-18-10/h1-4H,15-16H2,(H,17,18,19). The highest BCUT2D eigenvalue weighted by Crippen LogP contribution is 2.35. The molecule has 0 unspecified atom stereocenters. The largest absolute Gasteiger partial charge is 0.435 e. The van der Waals surface area contributed by atoms with Crippen molar-refractivity contribution in [2.24, 2.45) is 0 Å². The molecule has 1 aromatic heterocycles. The number of aromatic amines is 1. The molecular formula is C11H9F3N4O2. The maximum absolute atomic E-state index is 12.5. The van der Waals surface area contributed by atoms with Crippen LogP contribution in [0.1, 0.15) is 5.56 Å². The minimum absolute atomic E-state index is 0.0807. The SMILES string of the molecule is Nc1cc(C(F)(F)F)ccc1Oc1nc[nH]c(=O)c1N. The lowest BCUT2D eigenvalue weighted by atomic mass is 10.2. The van der Waals surface area contributed by atoms with Crippen molar-refractivity contribution in [2.45, 2.75) is 6.18 Å². The monoisotopic (exact) mass is 286 g/mol. The molecule has 5 N–H and O–H groups in total. The van der Waals surface area contributed by atoms with Crippen LogP contribution in [0.25, 0.3) is 0 Å². The van der Waals surface area contributed by atoms with Crippen molar-refractivity contribution >= 4 is 11.4 Å². The molecule has 0 spiro atoms. The first-order valence-electron chi connectivity index (χ1n) is 5.27. The summed E-state index contributed by atoms with van der Waals surface area (Å²) in [6.07, 6.45) is -3.46. The van der Waals surface area contributed by atoms with E-state index in [1.807, 2.05) is 0 Å². The van der Waals surface area contributed by atoms with E-state index in [0.29, 0.717) is 0 Å². The summed E-state index contributed by atoms with van der Waals surface area (Å²) in [5.41, 5.74) is 8.82. The van der Waals surface area contributed by atoms with Crippen LogP contribution in [0.2, 0.25) is 0 Å². The van der Waals surface area contributed by atoms with E-state index in [9.17, 15) is 18.0 Å². The minimum Gasteiger partial charge on any atom is -0.435 e. The molecule has 0 amide bonds. The Labute approximate surface area is 110 Å². The molecule has 106 valence electrons. The fourth-order valence-corrected chi connectivity index (χ4v) is 1.40. The second-order valence-electron chi connectivity index (χ2n) is 3.80. The number of rotatable bonds is 2. The maximum atomic E-state index is 12.5. The predicted molar refractivity (Wildman–Crippen MR) is 65.2 cm³/mol. The molecule has 0 saturated heterocycles. The maximum Gasteiger partial charge on any atom is 0.416 e. The molecule has 0 aliphatic carbocycles. The van der Waals surface area contributed by atoms with Crippen molar-refractivity contribution < 1.29 is 17.9 Å². The number of ether oxygens (including phenoxy) is 1. The van der Waals surface area contributed by atoms with Crippen LogP contribution in [0.15, 0.2) is 29.3 Å². The summed E-state index contributed by atoms with van der Waals surface area (Å²) in [7, 11) is 0. The molecule has 20 heavy (non-hydrogen) atoms. The normalized spacial score (nSPS) is 11.3. The molecule has 0 atom stereocenters. The summed E-state index contributed by atoms with van der Waals surface area (Å²) in [6, 6.07) is 2.55. The van der Waals surface area contributed by atoms with Gasteiger partial charge in [-0.25, -0.2) is 4.98 Å². The quantitative estimate of drug-likeness (QED) is 0.729. The van der Waals surface area contributed by atoms with E-state index < -0.39 is 17.3 Å². The van der Waals surface area contributed by atoms with Gasteiger partial charge in [-0.15, -0.1) is 0 Å². The number of hydrogen-bond acceptors (Lipinski definition) is 5. The van der Waals surface area contributed by atoms with Gasteiger partial charge in [-0.1, -0.05) is 0 Å². The smallest absolute Gasteiger partial charge is 0.416 e. The predicted octanol–water partition coefficient (Wildman–Crippen LogP) is 1.75. The van der Waals surface area contributed by atoms with E-state index in [1.54, 1.807) is 0 Å². The summed E-state index contributed by atoms with van der Waals surface area (Å²) in [6.45, 7) is 0. The van der Waals surface area contributed by atoms with Gasteiger partial charge in [0, 0.05) is 0 Å². The lowest BCUT2D eigenvalue weighted by Gasteiger charge is -2.11. The fraction of sp³-hybridized carbons (Fsp3) is 0.0909. The van der Waals surface area contributed by atoms with E-state index in [-0.39, 0.29) is 23.0 Å². The zero-order chi connectivity index (χ0) is 14.9. The molecule has 1 aromatic carbocycles. The summed E-state index contributed by atoms with van der Waals surface area (Å²) < 4.78 is 42.5. The van der Waals surface area contributed by atoms with Gasteiger partial charge in [-0.05, 0) is 18.2 Å². The topological polar surface area (TPSA) is 107 Å². The number of nitrogens with zero attached hydrogens (tertiary/aromatic N) is 1. The molecule has 0 saturated carbocycles. The average Bonchev–Trinajstić information content (AvgIpc) is 2.36. The number of halogens is 3. The van der Waals surface area contributed by atoms with Crippen LogP contribution in [-0.4, -0.2) is 9.97 Å². The van der Waals surface area contributed by atoms with Gasteiger partial charge in [-0.3, -0.25) is 4.79 Å². The Morgan fingerprint density at radius 2 is 1.95 bits per heavy atom. The highest BCUT2D eigenvalue weighted by molar-refractivity contribution is 5.57. The molecule has 2 rings (SSSR count). The number of aromatic nitrogens is 2. The average molecular weight is 286 g/mol. The number of nitrogens with one attached hydrogen (secondary N) is 1. The zero-order valence-corrected chi connectivity index (χ0v) is 9.86. The van der Waals surface area contributed by atoms with Crippen molar-refractivity contribution in [3.05, 3.63) is 40.4 Å². The van der Waals surface area contributed by atoms with Gasteiger partial charge in [0.2, 0.25) is 5.88 Å². The van der Waals surface area contributed by atoms with Crippen LogP contribution >= 0.6 is 0 Å². The summed E-state index contributed by atoms with van der Waals surface area (Å²) in [5, 5.41) is 0. The van der Waals surface area contributed by atoms with Crippen molar-refractivity contribution in [3.63, 3.8) is 0 Å². The highest BCUT2D eigenvalue weighted by Gasteiger charge is 2.31. The first-order chi connectivity index (χ1) is 9.29. The Balaban J connectivity index is 2.36. The van der Waals surface area contributed by atoms with E-state index in [4.69, 9.17) is 16.2 Å². The third-order valence-corrected chi connectivity index (χ3v) is 2.40. The van der Waals surface area contributed by atoms with Crippen LogP contribution in [0.4, 0.5) is 24.5 Å². The van der Waals surface area contributed by atoms with Crippen LogP contribution in [0, 0.1) is 0 Å². The van der Waals surface area contributed by atoms with E-state index in [2.05, 4.69) is 9.97 Å². The fourth-order valence-electron chi connectivity index (χ4n) is 1.40. The summed E-state index contributed by atoms with van der Waals surface area (Å²) in [4.78, 5) is 17.1. The third kappa shape index (κ3) is 2.66. The molecule has 6 nitrogen and oxygen atoms in total. The molecule has 0 fully saturated rings. The van der Waals surface area contributed by atoms with E-state index in [0.717, 1.165) is 24.5 Å². The van der Waals surface area contributed by atoms with Crippen LogP contribution < -0.4 is 21.8 Å². The number of hydrogen-bond donors (Lipinski definition) is 3. The minimum atomic E-state index is -4.51. The number of H-pyrrole nitrogens is 1. The van der Waals surface area contributed by atoms with Crippen LogP contribution in [0.5, 0.6) is 11.6 Å². The molecule has 0 bridgehead atoms. The van der Waals surface area contributed by atoms with Crippen molar-refractivity contribution in [2.75, 3.05) is 11.5 Å². The second kappa shape index (κ2) is 4.76. The Hall–Kier alpha value is -2.71. The lowest BCUT2D eigenvalue weighted by Crippen LogP contribution is -2.13. The van der Waals surface area contributed by atoms with Gasteiger partial charge >= 0.3 is 6.18 Å². The summed E-state index contributed by atoms with van der Waals surface area (Å²) >= 11 is 0. The van der Waals surface area contributed by atoms with Gasteiger partial charge in [0.05, 0.1) is 17.6 Å². The van der Waals surface area contributed by atoms with E-state index in [1.165, 1.54) is 0 Å². The van der Waals surface area contributed by atoms with Gasteiger partial charge in [0.25, 0.3) is 5.56 Å². The molecule has 2 aromatic rings. The number of anilines is 2. The van der Waals surface area contributed by atoms with Crippen molar-refractivity contribution in [1.82, 2.24) is 9.97 Å². The molecular weight excluding hydrogens is 277 g/mol. The lowest BCUT2D eigenvalue weighted by molar-refractivity contribution is -0.137. The van der Waals surface area contributed by atoms with Gasteiger partial charge in [0.15, 0.2) is 11.4 Å². The second-order valence-corrected chi connectivity index (χ2v) is 3.80. The number of nitrogen functional groups attached to an aromatic ring is 2. The Morgan fingerprint density at radius 1 is 1.25 bits per heavy atom. The summed E-state index contributed by atoms with van der Waals surface area (Å²) in [5.74, 6) is -0.317.